The summed E-state index contributed by atoms with van der Waals surface area (Å²) in [5, 5.41) is 10.2. The average Bonchev–Trinajstić information content (AvgIpc) is 2.81. The molecule has 0 atom stereocenters. The molecule has 2 aromatic rings. The van der Waals surface area contributed by atoms with E-state index in [0.29, 0.717) is 16.4 Å². The van der Waals surface area contributed by atoms with Crippen LogP contribution in [0.25, 0.3) is 0 Å². The van der Waals surface area contributed by atoms with Crippen molar-refractivity contribution >= 4 is 29.0 Å². The molecule has 0 radical (unpaired) electrons. The van der Waals surface area contributed by atoms with E-state index in [1.807, 2.05) is 33.8 Å². The zero-order valence-corrected chi connectivity index (χ0v) is 13.3. The highest BCUT2D eigenvalue weighted by molar-refractivity contribution is 6.33. The maximum absolute atomic E-state index is 12.0. The van der Waals surface area contributed by atoms with Gasteiger partial charge in [-0.2, -0.15) is 5.10 Å². The fraction of sp³-hybridized carbons (Fsp3) is 0.333. The van der Waals surface area contributed by atoms with Crippen LogP contribution in [0.15, 0.2) is 30.6 Å². The molecule has 1 aromatic heterocycles. The summed E-state index contributed by atoms with van der Waals surface area (Å²) in [6, 6.07) is 5.11. The highest BCUT2D eigenvalue weighted by Crippen LogP contribution is 2.23. The Kier molecular flexibility index (Phi) is 4.23. The molecule has 21 heavy (non-hydrogen) atoms. The highest BCUT2D eigenvalue weighted by Gasteiger charge is 2.15. The zero-order valence-electron chi connectivity index (χ0n) is 12.6. The third-order valence-corrected chi connectivity index (χ3v) is 3.21. The highest BCUT2D eigenvalue weighted by atomic mass is 35.5. The van der Waals surface area contributed by atoms with Crippen molar-refractivity contribution in [3.63, 3.8) is 0 Å². The molecule has 6 heteroatoms. The van der Waals surface area contributed by atoms with Crippen LogP contribution in [0.5, 0.6) is 0 Å². The second kappa shape index (κ2) is 5.77. The number of urea groups is 1. The summed E-state index contributed by atoms with van der Waals surface area (Å²) in [7, 11) is 0. The van der Waals surface area contributed by atoms with Crippen LogP contribution in [0.4, 0.5) is 16.2 Å². The Bertz CT molecular complexity index is 658. The van der Waals surface area contributed by atoms with Crippen LogP contribution in [0.2, 0.25) is 5.02 Å². The van der Waals surface area contributed by atoms with Gasteiger partial charge < -0.3 is 10.6 Å². The van der Waals surface area contributed by atoms with E-state index in [9.17, 15) is 4.79 Å². The molecule has 0 aliphatic rings. The second-order valence-corrected chi connectivity index (χ2v) is 6.31. The van der Waals surface area contributed by atoms with Crippen molar-refractivity contribution in [2.24, 2.45) is 0 Å². The molecule has 0 fully saturated rings. The molecule has 112 valence electrons. The topological polar surface area (TPSA) is 59.0 Å². The third-order valence-electron chi connectivity index (χ3n) is 2.90. The first-order chi connectivity index (χ1) is 9.75. The number of amides is 2. The van der Waals surface area contributed by atoms with E-state index in [0.717, 1.165) is 5.56 Å². The number of hydrogen-bond acceptors (Lipinski definition) is 2. The van der Waals surface area contributed by atoms with Gasteiger partial charge >= 0.3 is 6.03 Å². The van der Waals surface area contributed by atoms with Crippen molar-refractivity contribution in [3.05, 3.63) is 41.2 Å². The Balaban J connectivity index is 2.03. The molecule has 0 spiro atoms. The summed E-state index contributed by atoms with van der Waals surface area (Å²) in [6.45, 7) is 8.05. The summed E-state index contributed by atoms with van der Waals surface area (Å²) in [6.07, 6.45) is 3.40. The van der Waals surface area contributed by atoms with Gasteiger partial charge in [0.2, 0.25) is 0 Å². The smallest absolute Gasteiger partial charge is 0.306 e. The van der Waals surface area contributed by atoms with E-state index in [1.54, 1.807) is 29.2 Å². The normalized spacial score (nSPS) is 11.3. The Hall–Kier alpha value is -2.01. The Morgan fingerprint density at radius 2 is 2.00 bits per heavy atom. The fourth-order valence-electron chi connectivity index (χ4n) is 1.76. The molecule has 0 unspecified atom stereocenters. The predicted molar refractivity (Wildman–Crippen MR) is 86.1 cm³/mol. The first-order valence-electron chi connectivity index (χ1n) is 6.65. The number of rotatable bonds is 2. The van der Waals surface area contributed by atoms with Crippen molar-refractivity contribution in [1.82, 2.24) is 9.78 Å². The van der Waals surface area contributed by atoms with Crippen molar-refractivity contribution in [1.29, 1.82) is 0 Å². The number of carbonyl (C=O) groups is 1. The number of hydrogen-bond donors (Lipinski definition) is 2. The van der Waals surface area contributed by atoms with Crippen LogP contribution in [0.1, 0.15) is 26.3 Å². The number of nitrogens with one attached hydrogen (secondary N) is 2. The molecule has 0 saturated heterocycles. The van der Waals surface area contributed by atoms with E-state index >= 15 is 0 Å². The van der Waals surface area contributed by atoms with Gasteiger partial charge in [-0.25, -0.2) is 4.79 Å². The van der Waals surface area contributed by atoms with Gasteiger partial charge in [-0.15, -0.1) is 0 Å². The molecular formula is C15H19ClN4O. The van der Waals surface area contributed by atoms with Gasteiger partial charge in [-0.05, 0) is 45.4 Å². The van der Waals surface area contributed by atoms with Crippen LogP contribution in [0, 0.1) is 6.92 Å². The number of benzene rings is 1. The molecule has 0 aliphatic carbocycles. The van der Waals surface area contributed by atoms with Crippen molar-refractivity contribution < 1.29 is 4.79 Å². The van der Waals surface area contributed by atoms with Gasteiger partial charge in [0.15, 0.2) is 0 Å². The largest absolute Gasteiger partial charge is 0.323 e. The monoisotopic (exact) mass is 306 g/mol. The second-order valence-electron chi connectivity index (χ2n) is 5.91. The molecule has 2 amide bonds. The van der Waals surface area contributed by atoms with Crippen LogP contribution < -0.4 is 10.6 Å². The number of halogens is 1. The molecule has 2 N–H and O–H groups in total. The SMILES string of the molecule is Cc1ccc(NC(=O)Nc2cnn(C(C)(C)C)c2)c(Cl)c1. The standard InChI is InChI=1S/C15H19ClN4O/c1-10-5-6-13(12(16)7-10)19-14(21)18-11-8-17-20(9-11)15(2,3)4/h5-9H,1-4H3,(H2,18,19,21). The van der Waals surface area contributed by atoms with E-state index in [4.69, 9.17) is 11.6 Å². The van der Waals surface area contributed by atoms with Gasteiger partial charge in [-0.1, -0.05) is 17.7 Å². The van der Waals surface area contributed by atoms with Gasteiger partial charge in [0.05, 0.1) is 28.1 Å². The first-order valence-corrected chi connectivity index (χ1v) is 7.03. The van der Waals surface area contributed by atoms with E-state index in [1.165, 1.54) is 0 Å². The summed E-state index contributed by atoms with van der Waals surface area (Å²) in [5.41, 5.74) is 2.11. The summed E-state index contributed by atoms with van der Waals surface area (Å²) in [4.78, 5) is 12.0. The zero-order chi connectivity index (χ0) is 15.6. The minimum Gasteiger partial charge on any atom is -0.306 e. The van der Waals surface area contributed by atoms with Crippen LogP contribution in [-0.2, 0) is 5.54 Å². The van der Waals surface area contributed by atoms with Crippen molar-refractivity contribution in [2.45, 2.75) is 33.2 Å². The minimum absolute atomic E-state index is 0.128. The predicted octanol–water partition coefficient (Wildman–Crippen LogP) is 4.24. The van der Waals surface area contributed by atoms with Crippen LogP contribution in [-0.4, -0.2) is 15.8 Å². The summed E-state index contributed by atoms with van der Waals surface area (Å²) >= 11 is 6.08. The van der Waals surface area contributed by atoms with E-state index in [-0.39, 0.29) is 11.6 Å². The molecule has 2 rings (SSSR count). The Morgan fingerprint density at radius 3 is 2.57 bits per heavy atom. The Morgan fingerprint density at radius 1 is 1.29 bits per heavy atom. The van der Waals surface area contributed by atoms with Gasteiger partial charge in [0.1, 0.15) is 0 Å². The third kappa shape index (κ3) is 3.98. The minimum atomic E-state index is -0.353. The fourth-order valence-corrected chi connectivity index (χ4v) is 2.04. The van der Waals surface area contributed by atoms with E-state index in [2.05, 4.69) is 15.7 Å². The number of anilines is 2. The first kappa shape index (κ1) is 15.4. The number of nitrogens with zero attached hydrogens (tertiary/aromatic N) is 2. The van der Waals surface area contributed by atoms with Crippen LogP contribution in [0.3, 0.4) is 0 Å². The summed E-state index contributed by atoms with van der Waals surface area (Å²) < 4.78 is 1.79. The Labute approximate surface area is 129 Å². The average molecular weight is 307 g/mol. The molecule has 1 heterocycles. The molecule has 1 aromatic carbocycles. The maximum Gasteiger partial charge on any atom is 0.323 e. The lowest BCUT2D eigenvalue weighted by molar-refractivity contribution is 0.262. The lowest BCUT2D eigenvalue weighted by Gasteiger charge is -2.18. The molecule has 0 saturated carbocycles. The van der Waals surface area contributed by atoms with E-state index < -0.39 is 0 Å². The lowest BCUT2D eigenvalue weighted by Crippen LogP contribution is -2.22. The molecule has 0 aliphatic heterocycles. The molecular weight excluding hydrogens is 288 g/mol. The maximum atomic E-state index is 12.0. The van der Waals surface area contributed by atoms with Crippen molar-refractivity contribution in [3.8, 4) is 0 Å². The molecule has 0 bridgehead atoms. The summed E-state index contributed by atoms with van der Waals surface area (Å²) in [5.74, 6) is 0. The lowest BCUT2D eigenvalue weighted by atomic mass is 10.1. The number of carbonyl (C=O) groups excluding carboxylic acids is 1. The van der Waals surface area contributed by atoms with Gasteiger partial charge in [-0.3, -0.25) is 4.68 Å². The van der Waals surface area contributed by atoms with Gasteiger partial charge in [0, 0.05) is 6.20 Å². The van der Waals surface area contributed by atoms with Gasteiger partial charge in [0.25, 0.3) is 0 Å². The van der Waals surface area contributed by atoms with Crippen LogP contribution >= 0.6 is 11.6 Å². The quantitative estimate of drug-likeness (QED) is 0.871. The van der Waals surface area contributed by atoms with Crippen molar-refractivity contribution in [2.75, 3.05) is 10.6 Å². The number of aryl methyl sites for hydroxylation is 1. The molecule has 5 nitrogen and oxygen atoms in total. The number of aromatic nitrogens is 2.